The number of alkyl carbamates (subject to hydrolysis) is 1. The van der Waals surface area contributed by atoms with Crippen molar-refractivity contribution in [2.45, 2.75) is 32.9 Å². The molecule has 0 aliphatic carbocycles. The molecule has 0 aliphatic heterocycles. The predicted octanol–water partition coefficient (Wildman–Crippen LogP) is 4.14. The first-order valence-corrected chi connectivity index (χ1v) is 7.96. The van der Waals surface area contributed by atoms with E-state index in [1.807, 2.05) is 24.3 Å². The van der Waals surface area contributed by atoms with Crippen molar-refractivity contribution < 1.29 is 19.4 Å². The number of carboxylic acid groups (broad SMARTS) is 1. The number of hydrogen-bond donors (Lipinski definition) is 2. The van der Waals surface area contributed by atoms with Gasteiger partial charge in [0.1, 0.15) is 10.5 Å². The minimum Gasteiger partial charge on any atom is -0.477 e. The van der Waals surface area contributed by atoms with E-state index in [4.69, 9.17) is 9.84 Å². The molecule has 0 atom stereocenters. The highest BCUT2D eigenvalue weighted by Crippen LogP contribution is 2.30. The van der Waals surface area contributed by atoms with Crippen LogP contribution in [0.5, 0.6) is 0 Å². The van der Waals surface area contributed by atoms with E-state index in [1.54, 1.807) is 32.9 Å². The van der Waals surface area contributed by atoms with Gasteiger partial charge >= 0.3 is 12.1 Å². The molecule has 1 amide bonds. The lowest BCUT2D eigenvalue weighted by Gasteiger charge is -2.20. The molecular formula is C17H19NO4S. The molecule has 0 unspecified atom stereocenters. The number of ether oxygens (including phenoxy) is 1. The summed E-state index contributed by atoms with van der Waals surface area (Å²) >= 11 is 1.21. The standard InChI is InChI=1S/C17H19NO4S/c1-17(2,3)22-16(21)18-10-11-6-4-5-7-12(11)13-8-9-14(23-13)15(19)20/h4-9H,10H2,1-3H3,(H,18,21)(H,19,20). The van der Waals surface area contributed by atoms with Gasteiger partial charge in [0.05, 0.1) is 0 Å². The van der Waals surface area contributed by atoms with Gasteiger partial charge in [0.15, 0.2) is 0 Å². The second kappa shape index (κ2) is 6.83. The van der Waals surface area contributed by atoms with Gasteiger partial charge in [-0.2, -0.15) is 0 Å². The lowest BCUT2D eigenvalue weighted by molar-refractivity contribution is 0.0523. The van der Waals surface area contributed by atoms with E-state index in [0.717, 1.165) is 16.0 Å². The van der Waals surface area contributed by atoms with Crippen LogP contribution in [0.15, 0.2) is 36.4 Å². The number of carbonyl (C=O) groups is 2. The summed E-state index contributed by atoms with van der Waals surface area (Å²) in [5, 5.41) is 11.8. The van der Waals surface area contributed by atoms with Crippen molar-refractivity contribution in [1.29, 1.82) is 0 Å². The average Bonchev–Trinajstić information content (AvgIpc) is 2.93. The number of thiophene rings is 1. The first-order chi connectivity index (χ1) is 10.8. The van der Waals surface area contributed by atoms with Crippen molar-refractivity contribution in [1.82, 2.24) is 5.32 Å². The molecule has 0 bridgehead atoms. The summed E-state index contributed by atoms with van der Waals surface area (Å²) in [4.78, 5) is 23.9. The van der Waals surface area contributed by atoms with Crippen molar-refractivity contribution in [2.75, 3.05) is 0 Å². The molecular weight excluding hydrogens is 314 g/mol. The van der Waals surface area contributed by atoms with Gasteiger partial charge in [-0.05, 0) is 44.0 Å². The molecule has 0 saturated carbocycles. The van der Waals surface area contributed by atoms with Gasteiger partial charge in [-0.25, -0.2) is 9.59 Å². The largest absolute Gasteiger partial charge is 0.477 e. The Hall–Kier alpha value is -2.34. The van der Waals surface area contributed by atoms with Crippen molar-refractivity contribution >= 4 is 23.4 Å². The Balaban J connectivity index is 2.14. The molecule has 23 heavy (non-hydrogen) atoms. The number of aromatic carboxylic acids is 1. The first-order valence-electron chi connectivity index (χ1n) is 7.14. The molecule has 0 fully saturated rings. The van der Waals surface area contributed by atoms with Crippen LogP contribution in [0, 0.1) is 0 Å². The van der Waals surface area contributed by atoms with E-state index in [1.165, 1.54) is 11.3 Å². The third-order valence-corrected chi connectivity index (χ3v) is 4.03. The van der Waals surface area contributed by atoms with Crippen molar-refractivity contribution in [3.63, 3.8) is 0 Å². The zero-order valence-corrected chi connectivity index (χ0v) is 14.1. The third-order valence-electron chi connectivity index (χ3n) is 2.92. The van der Waals surface area contributed by atoms with Crippen LogP contribution >= 0.6 is 11.3 Å². The Labute approximate surface area is 138 Å². The number of benzene rings is 1. The van der Waals surface area contributed by atoms with E-state index in [9.17, 15) is 9.59 Å². The van der Waals surface area contributed by atoms with Crippen molar-refractivity contribution in [3.05, 3.63) is 46.8 Å². The van der Waals surface area contributed by atoms with Gasteiger partial charge in [0.2, 0.25) is 0 Å². The van der Waals surface area contributed by atoms with Crippen LogP contribution < -0.4 is 5.32 Å². The first kappa shape index (κ1) is 17.0. The Morgan fingerprint density at radius 1 is 1.17 bits per heavy atom. The van der Waals surface area contributed by atoms with Gasteiger partial charge < -0.3 is 15.2 Å². The van der Waals surface area contributed by atoms with E-state index in [2.05, 4.69) is 5.32 Å². The molecule has 2 rings (SSSR count). The highest BCUT2D eigenvalue weighted by Gasteiger charge is 2.16. The molecule has 2 aromatic rings. The lowest BCUT2D eigenvalue weighted by Crippen LogP contribution is -2.32. The molecule has 0 radical (unpaired) electrons. The van der Waals surface area contributed by atoms with Gasteiger partial charge in [-0.15, -0.1) is 11.3 Å². The molecule has 0 spiro atoms. The Morgan fingerprint density at radius 3 is 2.48 bits per heavy atom. The highest BCUT2D eigenvalue weighted by molar-refractivity contribution is 7.17. The Morgan fingerprint density at radius 2 is 1.87 bits per heavy atom. The number of carbonyl (C=O) groups excluding carboxylic acids is 1. The molecule has 6 heteroatoms. The highest BCUT2D eigenvalue weighted by atomic mass is 32.1. The van der Waals surface area contributed by atoms with Crippen LogP contribution in [0.1, 0.15) is 36.0 Å². The summed E-state index contributed by atoms with van der Waals surface area (Å²) < 4.78 is 5.22. The molecule has 122 valence electrons. The van der Waals surface area contributed by atoms with Crippen molar-refractivity contribution in [3.8, 4) is 10.4 Å². The smallest absolute Gasteiger partial charge is 0.407 e. The fourth-order valence-electron chi connectivity index (χ4n) is 1.99. The van der Waals surface area contributed by atoms with Gasteiger partial charge in [0.25, 0.3) is 0 Å². The Kier molecular flexibility index (Phi) is 5.05. The van der Waals surface area contributed by atoms with Crippen LogP contribution in [-0.2, 0) is 11.3 Å². The Bertz CT molecular complexity index is 715. The zero-order chi connectivity index (χ0) is 17.0. The molecule has 1 heterocycles. The number of hydrogen-bond acceptors (Lipinski definition) is 4. The summed E-state index contributed by atoms with van der Waals surface area (Å²) in [6, 6.07) is 10.9. The van der Waals surface area contributed by atoms with Crippen LogP contribution in [0.2, 0.25) is 0 Å². The zero-order valence-electron chi connectivity index (χ0n) is 13.3. The van der Waals surface area contributed by atoms with Crippen LogP contribution in [0.3, 0.4) is 0 Å². The quantitative estimate of drug-likeness (QED) is 0.882. The maximum Gasteiger partial charge on any atom is 0.407 e. The van der Waals surface area contributed by atoms with Crippen molar-refractivity contribution in [2.24, 2.45) is 0 Å². The number of carboxylic acids is 1. The average molecular weight is 333 g/mol. The monoisotopic (exact) mass is 333 g/mol. The minimum absolute atomic E-state index is 0.287. The lowest BCUT2D eigenvalue weighted by atomic mass is 10.1. The SMILES string of the molecule is CC(C)(C)OC(=O)NCc1ccccc1-c1ccc(C(=O)O)s1. The normalized spacial score (nSPS) is 11.1. The van der Waals surface area contributed by atoms with Gasteiger partial charge in [-0.1, -0.05) is 24.3 Å². The topological polar surface area (TPSA) is 75.6 Å². The van der Waals surface area contributed by atoms with Crippen LogP contribution in [0.25, 0.3) is 10.4 Å². The van der Waals surface area contributed by atoms with Crippen LogP contribution in [0.4, 0.5) is 4.79 Å². The summed E-state index contributed by atoms with van der Waals surface area (Å²) in [5.74, 6) is -0.939. The molecule has 1 aromatic heterocycles. The fraction of sp³-hybridized carbons (Fsp3) is 0.294. The maximum atomic E-state index is 11.8. The molecule has 1 aromatic carbocycles. The molecule has 2 N–H and O–H groups in total. The minimum atomic E-state index is -0.939. The summed E-state index contributed by atoms with van der Waals surface area (Å²) in [6.45, 7) is 5.73. The van der Waals surface area contributed by atoms with E-state index >= 15 is 0 Å². The second-order valence-corrected chi connectivity index (χ2v) is 7.07. The fourth-order valence-corrected chi connectivity index (χ4v) is 2.90. The number of rotatable bonds is 4. The van der Waals surface area contributed by atoms with E-state index in [-0.39, 0.29) is 4.88 Å². The summed E-state index contributed by atoms with van der Waals surface area (Å²) in [5.41, 5.74) is 1.26. The van der Waals surface area contributed by atoms with Crippen LogP contribution in [-0.4, -0.2) is 22.8 Å². The molecule has 5 nitrogen and oxygen atoms in total. The second-order valence-electron chi connectivity index (χ2n) is 5.98. The number of amides is 1. The van der Waals surface area contributed by atoms with Gasteiger partial charge in [-0.3, -0.25) is 0 Å². The molecule has 0 saturated heterocycles. The maximum absolute atomic E-state index is 11.8. The summed E-state index contributed by atoms with van der Waals surface area (Å²) in [7, 11) is 0. The van der Waals surface area contributed by atoms with Gasteiger partial charge in [0, 0.05) is 11.4 Å². The molecule has 0 aliphatic rings. The summed E-state index contributed by atoms with van der Waals surface area (Å²) in [6.07, 6.45) is -0.482. The number of nitrogens with one attached hydrogen (secondary N) is 1. The predicted molar refractivity (Wildman–Crippen MR) is 89.8 cm³/mol. The van der Waals surface area contributed by atoms with E-state index in [0.29, 0.717) is 6.54 Å². The third kappa shape index (κ3) is 4.82. The van der Waals surface area contributed by atoms with E-state index < -0.39 is 17.7 Å².